The van der Waals surface area contributed by atoms with Crippen molar-refractivity contribution in [3.05, 3.63) is 30.1 Å². The number of allylic oxidation sites excluding steroid dienone is 1. The highest BCUT2D eigenvalue weighted by Crippen LogP contribution is 1.98. The standard InChI is InChI=1S/C12H21N3O/c1-15-11-12(10-14-15)6-4-3-5-7-13-8-9-16-2/h3-4,10-11,13H,5-9H2,1-2H3. The monoisotopic (exact) mass is 223 g/mol. The van der Waals surface area contributed by atoms with Crippen molar-refractivity contribution in [2.45, 2.75) is 12.8 Å². The Morgan fingerprint density at radius 3 is 3.00 bits per heavy atom. The quantitative estimate of drug-likeness (QED) is 0.531. The van der Waals surface area contributed by atoms with Gasteiger partial charge >= 0.3 is 0 Å². The van der Waals surface area contributed by atoms with E-state index in [9.17, 15) is 0 Å². The van der Waals surface area contributed by atoms with Gasteiger partial charge in [0, 0.05) is 26.9 Å². The summed E-state index contributed by atoms with van der Waals surface area (Å²) in [5, 5.41) is 7.42. The number of aromatic nitrogens is 2. The Labute approximate surface area is 97.3 Å². The summed E-state index contributed by atoms with van der Waals surface area (Å²) in [6, 6.07) is 0. The van der Waals surface area contributed by atoms with Crippen LogP contribution in [-0.4, -0.2) is 36.6 Å². The van der Waals surface area contributed by atoms with Crippen molar-refractivity contribution >= 4 is 0 Å². The lowest BCUT2D eigenvalue weighted by Crippen LogP contribution is -2.19. The highest BCUT2D eigenvalue weighted by atomic mass is 16.5. The summed E-state index contributed by atoms with van der Waals surface area (Å²) in [5.41, 5.74) is 1.26. The Morgan fingerprint density at radius 1 is 1.44 bits per heavy atom. The number of nitrogens with zero attached hydrogens (tertiary/aromatic N) is 2. The normalized spacial score (nSPS) is 11.4. The van der Waals surface area contributed by atoms with Crippen LogP contribution in [0.25, 0.3) is 0 Å². The average Bonchev–Trinajstić information content (AvgIpc) is 2.68. The van der Waals surface area contributed by atoms with E-state index >= 15 is 0 Å². The second kappa shape index (κ2) is 8.07. The smallest absolute Gasteiger partial charge is 0.0587 e. The molecule has 0 amide bonds. The summed E-state index contributed by atoms with van der Waals surface area (Å²) in [6.45, 7) is 2.71. The van der Waals surface area contributed by atoms with E-state index in [1.54, 1.807) is 7.11 Å². The van der Waals surface area contributed by atoms with Gasteiger partial charge in [-0.25, -0.2) is 0 Å². The highest BCUT2D eigenvalue weighted by Gasteiger charge is 1.91. The number of ether oxygens (including phenoxy) is 1. The Morgan fingerprint density at radius 2 is 2.31 bits per heavy atom. The number of hydrogen-bond acceptors (Lipinski definition) is 3. The lowest BCUT2D eigenvalue weighted by atomic mass is 10.2. The van der Waals surface area contributed by atoms with Gasteiger partial charge in [-0.05, 0) is 24.9 Å². The molecule has 90 valence electrons. The van der Waals surface area contributed by atoms with E-state index < -0.39 is 0 Å². The van der Waals surface area contributed by atoms with Crippen molar-refractivity contribution < 1.29 is 4.74 Å². The summed E-state index contributed by atoms with van der Waals surface area (Å²) in [6.07, 6.45) is 10.4. The molecule has 4 heteroatoms. The van der Waals surface area contributed by atoms with Gasteiger partial charge in [-0.2, -0.15) is 5.10 Å². The molecule has 1 heterocycles. The molecule has 0 atom stereocenters. The van der Waals surface area contributed by atoms with E-state index in [4.69, 9.17) is 4.74 Å². The molecule has 0 saturated carbocycles. The molecule has 0 fully saturated rings. The Balaban J connectivity index is 2.00. The molecule has 1 rings (SSSR count). The minimum Gasteiger partial charge on any atom is -0.383 e. The molecular weight excluding hydrogens is 202 g/mol. The first kappa shape index (κ1) is 12.9. The molecule has 1 aromatic heterocycles. The molecule has 1 aromatic rings. The van der Waals surface area contributed by atoms with Crippen LogP contribution in [0.3, 0.4) is 0 Å². The molecule has 0 saturated heterocycles. The average molecular weight is 223 g/mol. The van der Waals surface area contributed by atoms with Gasteiger partial charge in [0.25, 0.3) is 0 Å². The molecule has 0 aromatic carbocycles. The van der Waals surface area contributed by atoms with E-state index in [2.05, 4.69) is 22.6 Å². The molecule has 0 spiro atoms. The first-order chi connectivity index (χ1) is 7.83. The number of nitrogens with one attached hydrogen (secondary N) is 1. The van der Waals surface area contributed by atoms with Crippen LogP contribution in [0.4, 0.5) is 0 Å². The van der Waals surface area contributed by atoms with Gasteiger partial charge in [0.1, 0.15) is 0 Å². The Bertz CT molecular complexity index is 307. The molecule has 16 heavy (non-hydrogen) atoms. The second-order valence-electron chi connectivity index (χ2n) is 3.73. The fourth-order valence-electron chi connectivity index (χ4n) is 1.40. The van der Waals surface area contributed by atoms with E-state index in [1.165, 1.54) is 5.56 Å². The maximum Gasteiger partial charge on any atom is 0.0587 e. The zero-order valence-electron chi connectivity index (χ0n) is 10.1. The van der Waals surface area contributed by atoms with Crippen LogP contribution >= 0.6 is 0 Å². The van der Waals surface area contributed by atoms with Crippen LogP contribution < -0.4 is 5.32 Å². The van der Waals surface area contributed by atoms with Gasteiger partial charge in [0.2, 0.25) is 0 Å². The third-order valence-corrected chi connectivity index (χ3v) is 2.25. The minimum absolute atomic E-state index is 0.777. The van der Waals surface area contributed by atoms with Crippen molar-refractivity contribution in [1.82, 2.24) is 15.1 Å². The van der Waals surface area contributed by atoms with Crippen LogP contribution in [0.5, 0.6) is 0 Å². The van der Waals surface area contributed by atoms with Gasteiger partial charge < -0.3 is 10.1 Å². The number of methoxy groups -OCH3 is 1. The molecule has 0 bridgehead atoms. The maximum absolute atomic E-state index is 4.94. The topological polar surface area (TPSA) is 39.1 Å². The van der Waals surface area contributed by atoms with Crippen molar-refractivity contribution in [1.29, 1.82) is 0 Å². The lowest BCUT2D eigenvalue weighted by molar-refractivity contribution is 0.199. The SMILES string of the molecule is COCCNCCC=CCc1cnn(C)c1. The lowest BCUT2D eigenvalue weighted by Gasteiger charge is -2.00. The highest BCUT2D eigenvalue weighted by molar-refractivity contribution is 5.08. The van der Waals surface area contributed by atoms with E-state index in [0.717, 1.165) is 32.5 Å². The van der Waals surface area contributed by atoms with Gasteiger partial charge in [0.15, 0.2) is 0 Å². The summed E-state index contributed by atoms with van der Waals surface area (Å²) < 4.78 is 6.77. The summed E-state index contributed by atoms with van der Waals surface area (Å²) in [7, 11) is 3.66. The molecule has 0 aliphatic rings. The largest absolute Gasteiger partial charge is 0.383 e. The molecule has 0 aliphatic heterocycles. The van der Waals surface area contributed by atoms with Crippen LogP contribution in [0.2, 0.25) is 0 Å². The van der Waals surface area contributed by atoms with Gasteiger partial charge in [0.05, 0.1) is 12.8 Å². The van der Waals surface area contributed by atoms with Crippen molar-refractivity contribution in [3.63, 3.8) is 0 Å². The summed E-state index contributed by atoms with van der Waals surface area (Å²) in [5.74, 6) is 0. The molecular formula is C12H21N3O. The number of rotatable bonds is 8. The van der Waals surface area contributed by atoms with Crippen molar-refractivity contribution in [3.8, 4) is 0 Å². The fraction of sp³-hybridized carbons (Fsp3) is 0.583. The van der Waals surface area contributed by atoms with Crippen molar-refractivity contribution in [2.75, 3.05) is 26.8 Å². The second-order valence-corrected chi connectivity index (χ2v) is 3.73. The van der Waals surface area contributed by atoms with Crippen LogP contribution in [0.15, 0.2) is 24.5 Å². The number of aryl methyl sites for hydroxylation is 1. The first-order valence-corrected chi connectivity index (χ1v) is 5.65. The predicted molar refractivity (Wildman–Crippen MR) is 65.4 cm³/mol. The van der Waals surface area contributed by atoms with Gasteiger partial charge in [-0.3, -0.25) is 4.68 Å². The van der Waals surface area contributed by atoms with Gasteiger partial charge in [-0.1, -0.05) is 12.2 Å². The van der Waals surface area contributed by atoms with E-state index in [1.807, 2.05) is 24.1 Å². The maximum atomic E-state index is 4.94. The zero-order chi connectivity index (χ0) is 11.6. The predicted octanol–water partition coefficient (Wildman–Crippen LogP) is 1.14. The molecule has 4 nitrogen and oxygen atoms in total. The van der Waals surface area contributed by atoms with Crippen LogP contribution in [-0.2, 0) is 18.2 Å². The minimum atomic E-state index is 0.777. The zero-order valence-corrected chi connectivity index (χ0v) is 10.1. The van der Waals surface area contributed by atoms with E-state index in [-0.39, 0.29) is 0 Å². The van der Waals surface area contributed by atoms with Crippen molar-refractivity contribution in [2.24, 2.45) is 7.05 Å². The Hall–Kier alpha value is -1.13. The summed E-state index contributed by atoms with van der Waals surface area (Å²) in [4.78, 5) is 0. The molecule has 0 unspecified atom stereocenters. The van der Waals surface area contributed by atoms with Gasteiger partial charge in [-0.15, -0.1) is 0 Å². The summed E-state index contributed by atoms with van der Waals surface area (Å²) >= 11 is 0. The first-order valence-electron chi connectivity index (χ1n) is 5.65. The third-order valence-electron chi connectivity index (χ3n) is 2.25. The van der Waals surface area contributed by atoms with Crippen LogP contribution in [0, 0.1) is 0 Å². The third kappa shape index (κ3) is 5.68. The fourth-order valence-corrected chi connectivity index (χ4v) is 1.40. The molecule has 0 radical (unpaired) electrons. The number of hydrogen-bond donors (Lipinski definition) is 1. The molecule has 0 aliphatic carbocycles. The van der Waals surface area contributed by atoms with Crippen LogP contribution in [0.1, 0.15) is 12.0 Å². The molecule has 1 N–H and O–H groups in total. The Kier molecular flexibility index (Phi) is 6.53. The van der Waals surface area contributed by atoms with E-state index in [0.29, 0.717) is 0 Å².